The topological polar surface area (TPSA) is 99.4 Å². The van der Waals surface area contributed by atoms with Crippen molar-refractivity contribution in [1.82, 2.24) is 4.72 Å². The van der Waals surface area contributed by atoms with Crippen molar-refractivity contribution < 1.29 is 18.3 Å². The molecule has 0 aliphatic heterocycles. The molecule has 1 rings (SSSR count). The molecule has 0 aromatic heterocycles. The molecule has 0 radical (unpaired) electrons. The third-order valence-electron chi connectivity index (χ3n) is 2.35. The van der Waals surface area contributed by atoms with Gasteiger partial charge in [-0.05, 0) is 24.6 Å². The number of ether oxygens (including phenoxy) is 1. The van der Waals surface area contributed by atoms with E-state index in [1.54, 1.807) is 0 Å². The number of nitriles is 1. The van der Waals surface area contributed by atoms with Crippen LogP contribution in [0.4, 0.5) is 0 Å². The molecule has 0 aliphatic rings. The van der Waals surface area contributed by atoms with Crippen molar-refractivity contribution in [3.63, 3.8) is 0 Å². The number of rotatable bonds is 8. The fourth-order valence-corrected chi connectivity index (χ4v) is 2.93. The fourth-order valence-electron chi connectivity index (χ4n) is 1.44. The number of nitrogens with zero attached hydrogens (tertiary/aromatic N) is 1. The number of aliphatic hydroxyl groups is 1. The van der Waals surface area contributed by atoms with Crippen LogP contribution in [-0.2, 0) is 14.8 Å². The van der Waals surface area contributed by atoms with Gasteiger partial charge in [-0.2, -0.15) is 5.26 Å². The summed E-state index contributed by atoms with van der Waals surface area (Å²) in [6, 6.07) is 5.88. The fraction of sp³-hybridized carbons (Fsp3) is 0.417. The van der Waals surface area contributed by atoms with Crippen LogP contribution in [0, 0.1) is 11.3 Å². The maximum absolute atomic E-state index is 12.1. The van der Waals surface area contributed by atoms with Crippen molar-refractivity contribution in [2.24, 2.45) is 0 Å². The molecule has 0 fully saturated rings. The smallest absolute Gasteiger partial charge is 0.241 e. The molecule has 0 bridgehead atoms. The molecule has 20 heavy (non-hydrogen) atoms. The predicted molar refractivity (Wildman–Crippen MR) is 73.9 cm³/mol. The van der Waals surface area contributed by atoms with Gasteiger partial charge >= 0.3 is 0 Å². The first-order chi connectivity index (χ1) is 9.51. The summed E-state index contributed by atoms with van der Waals surface area (Å²) >= 11 is 5.75. The molecule has 1 aromatic rings. The van der Waals surface area contributed by atoms with E-state index in [1.165, 1.54) is 18.2 Å². The molecule has 6 nitrogen and oxygen atoms in total. The lowest BCUT2D eigenvalue weighted by Gasteiger charge is -2.08. The number of sulfonamides is 1. The number of benzene rings is 1. The minimum Gasteiger partial charge on any atom is -0.394 e. The summed E-state index contributed by atoms with van der Waals surface area (Å²) in [6.07, 6.45) is 0.460. The molecule has 0 heterocycles. The average Bonchev–Trinajstić information content (AvgIpc) is 2.42. The zero-order valence-electron chi connectivity index (χ0n) is 10.7. The summed E-state index contributed by atoms with van der Waals surface area (Å²) in [6.45, 7) is 0.661. The van der Waals surface area contributed by atoms with E-state index in [4.69, 9.17) is 26.7 Å². The maximum Gasteiger partial charge on any atom is 0.241 e. The second kappa shape index (κ2) is 8.19. The van der Waals surface area contributed by atoms with Gasteiger partial charge in [-0.25, -0.2) is 13.1 Å². The van der Waals surface area contributed by atoms with Crippen LogP contribution in [0.3, 0.4) is 0 Å². The second-order valence-electron chi connectivity index (χ2n) is 3.84. The van der Waals surface area contributed by atoms with E-state index < -0.39 is 10.0 Å². The Morgan fingerprint density at radius 1 is 1.40 bits per heavy atom. The highest BCUT2D eigenvalue weighted by Crippen LogP contribution is 2.20. The first-order valence-electron chi connectivity index (χ1n) is 5.89. The van der Waals surface area contributed by atoms with Crippen LogP contribution in [0.15, 0.2) is 23.1 Å². The quantitative estimate of drug-likeness (QED) is 0.693. The molecule has 8 heteroatoms. The van der Waals surface area contributed by atoms with Gasteiger partial charge in [-0.3, -0.25) is 0 Å². The Morgan fingerprint density at radius 2 is 2.15 bits per heavy atom. The molecule has 0 spiro atoms. The van der Waals surface area contributed by atoms with Crippen LogP contribution in [0.2, 0.25) is 5.02 Å². The first-order valence-corrected chi connectivity index (χ1v) is 7.75. The number of hydrogen-bond donors (Lipinski definition) is 2. The Labute approximate surface area is 123 Å². The number of hydrogen-bond acceptors (Lipinski definition) is 5. The van der Waals surface area contributed by atoms with Crippen LogP contribution < -0.4 is 4.72 Å². The second-order valence-corrected chi connectivity index (χ2v) is 6.01. The lowest BCUT2D eigenvalue weighted by molar-refractivity contribution is 0.0913. The summed E-state index contributed by atoms with van der Waals surface area (Å²) < 4.78 is 31.5. The van der Waals surface area contributed by atoms with E-state index in [2.05, 4.69) is 4.72 Å². The molecule has 0 saturated carbocycles. The zero-order valence-corrected chi connectivity index (χ0v) is 12.2. The van der Waals surface area contributed by atoms with Crippen molar-refractivity contribution in [3.05, 3.63) is 28.8 Å². The zero-order chi connectivity index (χ0) is 15.0. The summed E-state index contributed by atoms with van der Waals surface area (Å²) in [7, 11) is -3.78. The largest absolute Gasteiger partial charge is 0.394 e. The Morgan fingerprint density at radius 3 is 2.80 bits per heavy atom. The SMILES string of the molecule is N#Cc1ccc(Cl)cc1S(=O)(=O)NCCCOCCO. The van der Waals surface area contributed by atoms with Gasteiger partial charge in [0.1, 0.15) is 11.0 Å². The summed E-state index contributed by atoms with van der Waals surface area (Å²) in [5.74, 6) is 0. The van der Waals surface area contributed by atoms with Crippen molar-refractivity contribution >= 4 is 21.6 Å². The molecule has 2 N–H and O–H groups in total. The molecule has 0 amide bonds. The lowest BCUT2D eigenvalue weighted by Crippen LogP contribution is -2.26. The maximum atomic E-state index is 12.1. The van der Waals surface area contributed by atoms with Crippen LogP contribution in [-0.4, -0.2) is 39.9 Å². The van der Waals surface area contributed by atoms with Crippen molar-refractivity contribution in [2.45, 2.75) is 11.3 Å². The van der Waals surface area contributed by atoms with Crippen molar-refractivity contribution in [1.29, 1.82) is 5.26 Å². The molecule has 0 atom stereocenters. The van der Waals surface area contributed by atoms with Gasteiger partial charge in [-0.15, -0.1) is 0 Å². The number of nitrogens with one attached hydrogen (secondary N) is 1. The minimum absolute atomic E-state index is 0.0402. The first kappa shape index (κ1) is 16.9. The highest BCUT2D eigenvalue weighted by atomic mass is 35.5. The van der Waals surface area contributed by atoms with Crippen molar-refractivity contribution in [2.75, 3.05) is 26.4 Å². The van der Waals surface area contributed by atoms with Gasteiger partial charge in [-0.1, -0.05) is 11.6 Å². The van der Waals surface area contributed by atoms with Crippen LogP contribution >= 0.6 is 11.6 Å². The number of aliphatic hydroxyl groups excluding tert-OH is 1. The Bertz CT molecular complexity index is 584. The Hall–Kier alpha value is -1.17. The Balaban J connectivity index is 2.65. The standard InChI is InChI=1S/C12H15ClN2O4S/c13-11-3-2-10(9-14)12(8-11)20(17,18)15-4-1-6-19-7-5-16/h2-3,8,15-16H,1,4-7H2. The predicted octanol–water partition coefficient (Wildman–Crippen LogP) is 0.889. The van der Waals surface area contributed by atoms with E-state index in [0.29, 0.717) is 13.0 Å². The van der Waals surface area contributed by atoms with Crippen molar-refractivity contribution in [3.8, 4) is 6.07 Å². The molecule has 110 valence electrons. The minimum atomic E-state index is -3.78. The molecule has 0 unspecified atom stereocenters. The van der Waals surface area contributed by atoms with Gasteiger partial charge in [0.2, 0.25) is 10.0 Å². The molecule has 0 aliphatic carbocycles. The molecular formula is C12H15ClN2O4S. The molecule has 0 saturated heterocycles. The number of halogens is 1. The molecule has 1 aromatic carbocycles. The van der Waals surface area contributed by atoms with Crippen LogP contribution in [0.25, 0.3) is 0 Å². The summed E-state index contributed by atoms with van der Waals surface area (Å²) in [5.41, 5.74) is 0.0402. The van der Waals surface area contributed by atoms with Gasteiger partial charge in [0.25, 0.3) is 0 Å². The van der Waals surface area contributed by atoms with E-state index in [-0.39, 0.29) is 35.2 Å². The Kier molecular flexibility index (Phi) is 6.91. The van der Waals surface area contributed by atoms with Gasteiger partial charge < -0.3 is 9.84 Å². The van der Waals surface area contributed by atoms with Gasteiger partial charge in [0, 0.05) is 18.2 Å². The summed E-state index contributed by atoms with van der Waals surface area (Å²) in [4.78, 5) is -0.135. The van der Waals surface area contributed by atoms with E-state index >= 15 is 0 Å². The van der Waals surface area contributed by atoms with Crippen LogP contribution in [0.5, 0.6) is 0 Å². The highest BCUT2D eigenvalue weighted by Gasteiger charge is 2.18. The average molecular weight is 319 g/mol. The summed E-state index contributed by atoms with van der Waals surface area (Å²) in [5, 5.41) is 17.7. The lowest BCUT2D eigenvalue weighted by atomic mass is 10.2. The molecular weight excluding hydrogens is 304 g/mol. The van der Waals surface area contributed by atoms with E-state index in [0.717, 1.165) is 0 Å². The van der Waals surface area contributed by atoms with Crippen LogP contribution in [0.1, 0.15) is 12.0 Å². The third-order valence-corrected chi connectivity index (χ3v) is 4.08. The van der Waals surface area contributed by atoms with Gasteiger partial charge in [0.05, 0.1) is 18.8 Å². The van der Waals surface area contributed by atoms with E-state index in [9.17, 15) is 8.42 Å². The third kappa shape index (κ3) is 5.07. The highest BCUT2D eigenvalue weighted by molar-refractivity contribution is 7.89. The van der Waals surface area contributed by atoms with Gasteiger partial charge in [0.15, 0.2) is 0 Å². The van der Waals surface area contributed by atoms with E-state index in [1.807, 2.05) is 6.07 Å². The normalized spacial score (nSPS) is 11.2. The monoisotopic (exact) mass is 318 g/mol.